The minimum atomic E-state index is -0.451. The molecule has 0 aliphatic carbocycles. The number of hydrogen-bond acceptors (Lipinski definition) is 4. The molecule has 5 rings (SSSR count). The number of esters is 1. The van der Waals surface area contributed by atoms with Gasteiger partial charge in [0.15, 0.2) is 0 Å². The van der Waals surface area contributed by atoms with Crippen LogP contribution in [-0.2, 0) is 4.74 Å². The second kappa shape index (κ2) is 6.06. The Kier molecular flexibility index (Phi) is 3.52. The summed E-state index contributed by atoms with van der Waals surface area (Å²) in [6, 6.07) is 21.9. The Morgan fingerprint density at radius 2 is 1.57 bits per heavy atom. The van der Waals surface area contributed by atoms with Gasteiger partial charge in [-0.1, -0.05) is 36.4 Å². The van der Waals surface area contributed by atoms with Gasteiger partial charge in [-0.25, -0.2) is 14.2 Å². The van der Waals surface area contributed by atoms with E-state index in [9.17, 15) is 9.59 Å². The Morgan fingerprint density at radius 1 is 0.893 bits per heavy atom. The molecule has 0 unspecified atom stereocenters. The number of para-hydroxylation sites is 4. The van der Waals surface area contributed by atoms with Crippen molar-refractivity contribution in [3.63, 3.8) is 0 Å². The van der Waals surface area contributed by atoms with E-state index < -0.39 is 5.97 Å². The predicted molar refractivity (Wildman–Crippen MR) is 107 cm³/mol. The van der Waals surface area contributed by atoms with Crippen molar-refractivity contribution < 1.29 is 9.53 Å². The van der Waals surface area contributed by atoms with E-state index in [4.69, 9.17) is 9.72 Å². The Balaban J connectivity index is 2.06. The van der Waals surface area contributed by atoms with Gasteiger partial charge >= 0.3 is 5.97 Å². The standard InChI is InChI=1S/C22H15N3O3/c1-28-21(27)15-9-3-6-12-18(15)24-17-11-5-2-8-14(17)20(26)25-19-13-7-4-10-16(19)23-22(24)25/h2-13H,1H3. The lowest BCUT2D eigenvalue weighted by molar-refractivity contribution is 0.0601. The second-order valence-corrected chi connectivity index (χ2v) is 6.40. The fraction of sp³-hybridized carbons (Fsp3) is 0.0455. The lowest BCUT2D eigenvalue weighted by atomic mass is 10.1. The Labute approximate surface area is 159 Å². The van der Waals surface area contributed by atoms with Gasteiger partial charge in [-0.2, -0.15) is 0 Å². The molecule has 0 spiro atoms. The van der Waals surface area contributed by atoms with Gasteiger partial charge in [-0.15, -0.1) is 0 Å². The van der Waals surface area contributed by atoms with Crippen molar-refractivity contribution in [2.75, 3.05) is 7.11 Å². The highest BCUT2D eigenvalue weighted by atomic mass is 16.5. The van der Waals surface area contributed by atoms with E-state index in [1.807, 2.05) is 59.2 Å². The number of hydrogen-bond donors (Lipinski definition) is 0. The van der Waals surface area contributed by atoms with E-state index in [-0.39, 0.29) is 5.56 Å². The van der Waals surface area contributed by atoms with Gasteiger partial charge in [0, 0.05) is 0 Å². The summed E-state index contributed by atoms with van der Waals surface area (Å²) in [5.74, 6) is -0.00565. The number of imidazole rings is 1. The molecule has 5 aromatic rings. The van der Waals surface area contributed by atoms with Crippen molar-refractivity contribution in [2.24, 2.45) is 0 Å². The van der Waals surface area contributed by atoms with Crippen LogP contribution in [0.4, 0.5) is 0 Å². The highest BCUT2D eigenvalue weighted by Crippen LogP contribution is 2.25. The maximum Gasteiger partial charge on any atom is 0.339 e. The van der Waals surface area contributed by atoms with Crippen LogP contribution in [0.1, 0.15) is 10.4 Å². The molecule has 2 heterocycles. The first-order chi connectivity index (χ1) is 13.7. The van der Waals surface area contributed by atoms with E-state index in [2.05, 4.69) is 0 Å². The summed E-state index contributed by atoms with van der Waals surface area (Å²) in [7, 11) is 1.35. The molecule has 0 N–H and O–H groups in total. The van der Waals surface area contributed by atoms with Crippen LogP contribution in [0.2, 0.25) is 0 Å². The molecule has 0 amide bonds. The van der Waals surface area contributed by atoms with E-state index in [1.165, 1.54) is 7.11 Å². The third-order valence-corrected chi connectivity index (χ3v) is 4.87. The topological polar surface area (TPSA) is 65.6 Å². The largest absolute Gasteiger partial charge is 0.465 e. The van der Waals surface area contributed by atoms with E-state index in [1.54, 1.807) is 22.6 Å². The minimum Gasteiger partial charge on any atom is -0.465 e. The third-order valence-electron chi connectivity index (χ3n) is 4.87. The highest BCUT2D eigenvalue weighted by molar-refractivity contribution is 5.96. The normalized spacial score (nSPS) is 11.3. The molecule has 0 radical (unpaired) electrons. The summed E-state index contributed by atoms with van der Waals surface area (Å²) < 4.78 is 8.39. The molecule has 2 aromatic heterocycles. The molecule has 0 bridgehead atoms. The number of methoxy groups -OCH3 is 1. The lowest BCUT2D eigenvalue weighted by Gasteiger charge is -2.15. The van der Waals surface area contributed by atoms with Crippen LogP contribution in [0.25, 0.3) is 33.4 Å². The Morgan fingerprint density at radius 3 is 2.39 bits per heavy atom. The highest BCUT2D eigenvalue weighted by Gasteiger charge is 2.20. The van der Waals surface area contributed by atoms with Crippen molar-refractivity contribution in [1.82, 2.24) is 14.0 Å². The van der Waals surface area contributed by atoms with Crippen molar-refractivity contribution in [2.45, 2.75) is 0 Å². The molecule has 0 fully saturated rings. The summed E-state index contributed by atoms with van der Waals surface area (Å²) in [6.07, 6.45) is 0. The zero-order valence-electron chi connectivity index (χ0n) is 15.0. The van der Waals surface area contributed by atoms with Crippen LogP contribution in [0.3, 0.4) is 0 Å². The summed E-state index contributed by atoms with van der Waals surface area (Å²) in [5, 5.41) is 0.540. The molecular weight excluding hydrogens is 354 g/mol. The van der Waals surface area contributed by atoms with Crippen LogP contribution in [-0.4, -0.2) is 27.0 Å². The van der Waals surface area contributed by atoms with Crippen molar-refractivity contribution in [3.8, 4) is 5.69 Å². The number of nitrogens with zero attached hydrogens (tertiary/aromatic N) is 3. The van der Waals surface area contributed by atoms with Crippen molar-refractivity contribution in [1.29, 1.82) is 0 Å². The first-order valence-electron chi connectivity index (χ1n) is 8.79. The molecule has 6 heteroatoms. The molecule has 0 aliphatic rings. The number of ether oxygens (including phenoxy) is 1. The maximum absolute atomic E-state index is 13.2. The van der Waals surface area contributed by atoms with E-state index >= 15 is 0 Å². The predicted octanol–water partition coefficient (Wildman–Crippen LogP) is 3.58. The molecule has 0 saturated heterocycles. The van der Waals surface area contributed by atoms with Gasteiger partial charge in [0.25, 0.3) is 5.56 Å². The number of fused-ring (bicyclic) bond motifs is 4. The minimum absolute atomic E-state index is 0.147. The SMILES string of the molecule is COC(=O)c1ccccc1-n1c2ccccc2c(=O)n2c3ccccc3nc12. The van der Waals surface area contributed by atoms with Gasteiger partial charge in [-0.3, -0.25) is 9.36 Å². The number of aromatic nitrogens is 3. The maximum atomic E-state index is 13.2. The smallest absolute Gasteiger partial charge is 0.339 e. The number of carbonyl (C=O) groups is 1. The molecule has 0 saturated carbocycles. The second-order valence-electron chi connectivity index (χ2n) is 6.40. The molecule has 0 atom stereocenters. The Hall–Kier alpha value is -3.93. The molecule has 136 valence electrons. The number of rotatable bonds is 2. The van der Waals surface area contributed by atoms with Crippen LogP contribution < -0.4 is 5.56 Å². The lowest BCUT2D eigenvalue weighted by Crippen LogP contribution is -2.19. The van der Waals surface area contributed by atoms with Gasteiger partial charge in [0.2, 0.25) is 5.78 Å². The first kappa shape index (κ1) is 16.3. The fourth-order valence-electron chi connectivity index (χ4n) is 3.63. The van der Waals surface area contributed by atoms with Crippen LogP contribution in [0.15, 0.2) is 77.6 Å². The van der Waals surface area contributed by atoms with Crippen molar-refractivity contribution in [3.05, 3.63) is 88.7 Å². The zero-order chi connectivity index (χ0) is 19.3. The van der Waals surface area contributed by atoms with Crippen LogP contribution >= 0.6 is 0 Å². The van der Waals surface area contributed by atoms with Gasteiger partial charge in [0.1, 0.15) is 0 Å². The molecule has 28 heavy (non-hydrogen) atoms. The quantitative estimate of drug-likeness (QED) is 0.446. The summed E-state index contributed by atoms with van der Waals surface area (Å²) >= 11 is 0. The van der Waals surface area contributed by atoms with E-state index in [0.29, 0.717) is 33.4 Å². The average Bonchev–Trinajstić information content (AvgIpc) is 3.13. The fourth-order valence-corrected chi connectivity index (χ4v) is 3.63. The number of benzene rings is 3. The number of carbonyl (C=O) groups excluding carboxylic acids is 1. The summed E-state index contributed by atoms with van der Waals surface area (Å²) in [6.45, 7) is 0. The van der Waals surface area contributed by atoms with Crippen molar-refractivity contribution >= 4 is 33.7 Å². The van der Waals surface area contributed by atoms with Crippen LogP contribution in [0, 0.1) is 0 Å². The monoisotopic (exact) mass is 369 g/mol. The van der Waals surface area contributed by atoms with Crippen LogP contribution in [0.5, 0.6) is 0 Å². The molecule has 6 nitrogen and oxygen atoms in total. The Bertz CT molecular complexity index is 1450. The summed E-state index contributed by atoms with van der Waals surface area (Å²) in [5.41, 5.74) is 2.95. The molecule has 3 aromatic carbocycles. The van der Waals surface area contributed by atoms with Gasteiger partial charge in [-0.05, 0) is 36.4 Å². The van der Waals surface area contributed by atoms with E-state index in [0.717, 1.165) is 5.52 Å². The summed E-state index contributed by atoms with van der Waals surface area (Å²) in [4.78, 5) is 30.3. The first-order valence-corrected chi connectivity index (χ1v) is 8.79. The zero-order valence-corrected chi connectivity index (χ0v) is 15.0. The van der Waals surface area contributed by atoms with Gasteiger partial charge < -0.3 is 4.74 Å². The van der Waals surface area contributed by atoms with Gasteiger partial charge in [0.05, 0.1) is 40.3 Å². The molecule has 0 aliphatic heterocycles. The third kappa shape index (κ3) is 2.18. The average molecular weight is 369 g/mol. The molecular formula is C22H15N3O3.